The van der Waals surface area contributed by atoms with Gasteiger partial charge < -0.3 is 35.5 Å². The van der Waals surface area contributed by atoms with Gasteiger partial charge in [-0.25, -0.2) is 14.8 Å². The summed E-state index contributed by atoms with van der Waals surface area (Å²) in [6, 6.07) is 14.7. The Bertz CT molecular complexity index is 1230. The molecule has 36 heavy (non-hydrogen) atoms. The van der Waals surface area contributed by atoms with E-state index in [2.05, 4.69) is 25.3 Å². The van der Waals surface area contributed by atoms with E-state index in [1.807, 2.05) is 36.4 Å². The van der Waals surface area contributed by atoms with Crippen molar-refractivity contribution in [1.29, 1.82) is 0 Å². The fourth-order valence-electron chi connectivity index (χ4n) is 3.15. The third-order valence-corrected chi connectivity index (χ3v) is 5.09. The molecule has 2 aromatic heterocycles. The predicted molar refractivity (Wildman–Crippen MR) is 134 cm³/mol. The summed E-state index contributed by atoms with van der Waals surface area (Å²) in [5.74, 6) is -0.864. The lowest BCUT2D eigenvalue weighted by Crippen LogP contribution is -2.53. The van der Waals surface area contributed by atoms with E-state index in [0.29, 0.717) is 24.4 Å². The topological polar surface area (TPSA) is 167 Å². The van der Waals surface area contributed by atoms with E-state index in [9.17, 15) is 14.0 Å². The van der Waals surface area contributed by atoms with Crippen LogP contribution < -0.4 is 5.32 Å². The van der Waals surface area contributed by atoms with Crippen molar-refractivity contribution in [2.45, 2.75) is 12.2 Å². The van der Waals surface area contributed by atoms with Crippen LogP contribution in [0.25, 0.3) is 22.1 Å². The summed E-state index contributed by atoms with van der Waals surface area (Å²) in [5, 5.41) is 29.0. The number of rotatable bonds is 2. The first-order chi connectivity index (χ1) is 17.3. The summed E-state index contributed by atoms with van der Waals surface area (Å²) in [6.45, 7) is 2.38. The number of carboxylic acids is 1. The predicted octanol–water partition coefficient (Wildman–Crippen LogP) is 1.60. The highest BCUT2D eigenvalue weighted by Crippen LogP contribution is 2.15. The van der Waals surface area contributed by atoms with Gasteiger partial charge in [0.05, 0.1) is 42.8 Å². The molecule has 13 heteroatoms. The molecule has 2 aromatic carbocycles. The lowest BCUT2D eigenvalue weighted by molar-refractivity contribution is 0.00518. The number of imidazole rings is 2. The van der Waals surface area contributed by atoms with Gasteiger partial charge in [0.25, 0.3) is 5.91 Å². The summed E-state index contributed by atoms with van der Waals surface area (Å²) < 4.78 is 15.5. The van der Waals surface area contributed by atoms with Crippen LogP contribution in [0.5, 0.6) is 0 Å². The first kappa shape index (κ1) is 27.0. The monoisotopic (exact) mass is 523 g/mol. The second-order valence-corrected chi connectivity index (χ2v) is 7.69. The highest BCUT2D eigenvalue weighted by atomic mass is 35.5. The smallest absolute Gasteiger partial charge is 0.371 e. The van der Waals surface area contributed by atoms with E-state index in [1.165, 1.54) is 0 Å². The Morgan fingerprint density at radius 3 is 1.78 bits per heavy atom. The molecule has 0 saturated carbocycles. The summed E-state index contributed by atoms with van der Waals surface area (Å²) in [7, 11) is -1.00. The van der Waals surface area contributed by atoms with Crippen LogP contribution in [0.4, 0.5) is 4.39 Å². The molecule has 2 saturated heterocycles. The van der Waals surface area contributed by atoms with Gasteiger partial charge in [-0.1, -0.05) is 24.3 Å². The fraction of sp³-hybridized carbons (Fsp3) is 0.304. The van der Waals surface area contributed by atoms with Crippen LogP contribution in [0.3, 0.4) is 0 Å². The van der Waals surface area contributed by atoms with Crippen molar-refractivity contribution in [3.05, 3.63) is 60.2 Å². The highest BCUT2D eigenvalue weighted by molar-refractivity contribution is 5.94. The van der Waals surface area contributed by atoms with Gasteiger partial charge in [0, 0.05) is 26.2 Å². The number of aromatic carboxylic acids is 1. The van der Waals surface area contributed by atoms with Gasteiger partial charge in [-0.2, -0.15) is 0 Å². The van der Waals surface area contributed by atoms with Gasteiger partial charge in [0.15, 0.2) is 5.82 Å². The average Bonchev–Trinajstić information content (AvgIpc) is 3.46. The molecule has 0 radical (unpaired) electrons. The standard InChI is InChI=1S/C11H11N3O2.C8H6N2O2.C3H7NO.CH3F.ClH/c15-7-5-14(6-7)11(16)10-12-8-3-1-2-4-9(8)13-10;11-8(12)7-9-5-3-1-2-4-6(5)10-7;5-3-1-4-2-3;1-2;/h1-4,7,15H,5-6H2,(H,12,13);1-4H,(H,9,10)(H,11,12);3-5H,1-2H2;1H3;1H/i;;;1D;. The number of carboxylic acid groups (broad SMARTS) is 1. The SMILES string of the molecule is Cl.O=C(O)c1nc2ccccc2[nH]1.O=C(c1nc2ccccc2[nH]1)N1CC(O)C1.OC1CNC1.[2H]CF. The summed E-state index contributed by atoms with van der Waals surface area (Å²) in [4.78, 5) is 37.6. The third kappa shape index (κ3) is 7.21. The number of hydrogen-bond donors (Lipinski definition) is 6. The van der Waals surface area contributed by atoms with Crippen LogP contribution in [0.15, 0.2) is 48.5 Å². The molecular formula is C23H28ClFN6O5. The van der Waals surface area contributed by atoms with Crippen LogP contribution >= 0.6 is 12.4 Å². The number of carbonyl (C=O) groups is 2. The molecule has 2 aliphatic heterocycles. The van der Waals surface area contributed by atoms with Crippen LogP contribution in [-0.2, 0) is 0 Å². The quantitative estimate of drug-likeness (QED) is 0.230. The molecular weight excluding hydrogens is 495 g/mol. The Hall–Kier alpha value is -3.58. The normalized spacial score (nSPS) is 14.9. The number of benzene rings is 2. The van der Waals surface area contributed by atoms with Crippen molar-refractivity contribution in [2.24, 2.45) is 0 Å². The summed E-state index contributed by atoms with van der Waals surface area (Å²) in [5.41, 5.74) is 3.06. The minimum absolute atomic E-state index is 0. The van der Waals surface area contributed by atoms with Crippen molar-refractivity contribution >= 4 is 46.4 Å². The van der Waals surface area contributed by atoms with Gasteiger partial charge in [-0.05, 0) is 24.3 Å². The second-order valence-electron chi connectivity index (χ2n) is 7.69. The molecule has 0 spiro atoms. The van der Waals surface area contributed by atoms with Crippen LogP contribution in [-0.4, -0.2) is 97.6 Å². The van der Waals surface area contributed by atoms with Crippen molar-refractivity contribution in [3.63, 3.8) is 0 Å². The van der Waals surface area contributed by atoms with E-state index in [-0.39, 0.29) is 36.3 Å². The van der Waals surface area contributed by atoms with E-state index in [0.717, 1.165) is 29.6 Å². The number of nitrogens with zero attached hydrogens (tertiary/aromatic N) is 3. The Morgan fingerprint density at radius 1 is 0.944 bits per heavy atom. The first-order valence-electron chi connectivity index (χ1n) is 11.4. The minimum Gasteiger partial charge on any atom is -0.475 e. The Labute approximate surface area is 213 Å². The molecule has 11 nitrogen and oxygen atoms in total. The summed E-state index contributed by atoms with van der Waals surface area (Å²) in [6.07, 6.45) is -0.427. The largest absolute Gasteiger partial charge is 0.475 e. The van der Waals surface area contributed by atoms with Crippen LogP contribution in [0.2, 0.25) is 0 Å². The molecule has 0 unspecified atom stereocenters. The maximum absolute atomic E-state index is 11.9. The van der Waals surface area contributed by atoms with E-state index >= 15 is 0 Å². The molecule has 0 aliphatic carbocycles. The molecule has 6 rings (SSSR count). The molecule has 1 amide bonds. The maximum atomic E-state index is 11.9. The zero-order chi connectivity index (χ0) is 26.1. The van der Waals surface area contributed by atoms with Crippen molar-refractivity contribution < 1.29 is 30.7 Å². The molecule has 6 N–H and O–H groups in total. The van der Waals surface area contributed by atoms with Crippen molar-refractivity contribution in [1.82, 2.24) is 30.2 Å². The molecule has 4 aromatic rings. The molecule has 194 valence electrons. The van der Waals surface area contributed by atoms with Gasteiger partial charge in [-0.3, -0.25) is 9.18 Å². The Kier molecular flexibility index (Phi) is 10.1. The number of aliphatic hydroxyl groups is 2. The highest BCUT2D eigenvalue weighted by Gasteiger charge is 2.31. The van der Waals surface area contributed by atoms with E-state index in [1.54, 1.807) is 17.0 Å². The molecule has 4 heterocycles. The van der Waals surface area contributed by atoms with E-state index < -0.39 is 13.1 Å². The number of likely N-dealkylation sites (tertiary alicyclic amines) is 1. The lowest BCUT2D eigenvalue weighted by atomic mass is 10.2. The number of para-hydroxylation sites is 4. The van der Waals surface area contributed by atoms with Crippen molar-refractivity contribution in [2.75, 3.05) is 33.3 Å². The number of carbonyl (C=O) groups excluding carboxylic acids is 1. The van der Waals surface area contributed by atoms with Gasteiger partial charge in [0.1, 0.15) is 0 Å². The number of fused-ring (bicyclic) bond motifs is 2. The van der Waals surface area contributed by atoms with Crippen LogP contribution in [0.1, 0.15) is 22.6 Å². The summed E-state index contributed by atoms with van der Waals surface area (Å²) >= 11 is 0. The van der Waals surface area contributed by atoms with Gasteiger partial charge in [0.2, 0.25) is 5.82 Å². The van der Waals surface area contributed by atoms with Crippen molar-refractivity contribution in [3.8, 4) is 0 Å². The zero-order valence-corrected chi connectivity index (χ0v) is 19.9. The Morgan fingerprint density at radius 2 is 1.39 bits per heavy atom. The fourth-order valence-corrected chi connectivity index (χ4v) is 3.15. The number of H-pyrrole nitrogens is 2. The third-order valence-electron chi connectivity index (χ3n) is 5.09. The van der Waals surface area contributed by atoms with E-state index in [4.69, 9.17) is 16.7 Å². The number of nitrogens with one attached hydrogen (secondary N) is 3. The second kappa shape index (κ2) is 13.5. The van der Waals surface area contributed by atoms with Gasteiger partial charge in [-0.15, -0.1) is 12.4 Å². The lowest BCUT2D eigenvalue weighted by Gasteiger charge is -2.35. The number of alkyl halides is 1. The number of hydrogen-bond acceptors (Lipinski definition) is 7. The molecule has 0 atom stereocenters. The number of halogens is 2. The average molecular weight is 524 g/mol. The molecule has 2 fully saturated rings. The van der Waals surface area contributed by atoms with Gasteiger partial charge >= 0.3 is 5.97 Å². The number of β-amino-alcohol motifs (C(OH)–C–C–N with tert-alkyl or cyclic N) is 2. The minimum atomic E-state index is -1.04. The maximum Gasteiger partial charge on any atom is 0.371 e. The molecule has 2 aliphatic rings. The number of aromatic amines is 2. The molecule has 0 bridgehead atoms. The number of aromatic nitrogens is 4. The number of amides is 1. The Balaban J connectivity index is 0.000000202. The zero-order valence-electron chi connectivity index (χ0n) is 20.1. The first-order valence-corrected chi connectivity index (χ1v) is 10.7. The number of aliphatic hydroxyl groups excluding tert-OH is 2. The van der Waals surface area contributed by atoms with Crippen LogP contribution in [0, 0.1) is 0 Å².